The van der Waals surface area contributed by atoms with Gasteiger partial charge in [-0.2, -0.15) is 9.78 Å². The van der Waals surface area contributed by atoms with Crippen molar-refractivity contribution in [3.8, 4) is 5.75 Å². The fourth-order valence-electron chi connectivity index (χ4n) is 3.20. The molecule has 168 valence electrons. The Labute approximate surface area is 220 Å². The second-order valence-electron chi connectivity index (χ2n) is 7.13. The molecule has 1 aromatic heterocycles. The van der Waals surface area contributed by atoms with Crippen LogP contribution in [0.15, 0.2) is 77.9 Å². The van der Waals surface area contributed by atoms with Crippen LogP contribution in [0.1, 0.15) is 23.9 Å². The normalized spacial score (nSPS) is 11.4. The number of nitrogens with zero attached hydrogens (tertiary/aromatic N) is 3. The topological polar surface area (TPSA) is 56.5 Å². The monoisotopic (exact) mass is 651 g/mol. The van der Waals surface area contributed by atoms with Gasteiger partial charge >= 0.3 is 0 Å². The molecule has 0 radical (unpaired) electrons. The summed E-state index contributed by atoms with van der Waals surface area (Å²) in [7, 11) is 0. The molecule has 0 saturated heterocycles. The molecule has 0 aliphatic rings. The van der Waals surface area contributed by atoms with E-state index in [1.165, 1.54) is 4.68 Å². The molecule has 0 bridgehead atoms. The lowest BCUT2D eigenvalue weighted by Crippen LogP contribution is -2.22. The lowest BCUT2D eigenvalue weighted by Gasteiger charge is -2.11. The lowest BCUT2D eigenvalue weighted by molar-refractivity contribution is 0.304. The third kappa shape index (κ3) is 5.57. The Morgan fingerprint density at radius 3 is 2.48 bits per heavy atom. The largest absolute Gasteiger partial charge is 0.486 e. The predicted octanol–water partition coefficient (Wildman–Crippen LogP) is 7.36. The van der Waals surface area contributed by atoms with E-state index in [4.69, 9.17) is 16.3 Å². The van der Waals surface area contributed by atoms with Gasteiger partial charge in [-0.15, -0.1) is 0 Å². The quantitative estimate of drug-likeness (QED) is 0.204. The van der Waals surface area contributed by atoms with Crippen molar-refractivity contribution in [2.24, 2.45) is 5.10 Å². The molecule has 0 atom stereocenters. The van der Waals surface area contributed by atoms with Crippen molar-refractivity contribution in [1.82, 2.24) is 9.66 Å². The van der Waals surface area contributed by atoms with Crippen LogP contribution in [-0.2, 0) is 13.0 Å². The standard InChI is InChI=1S/C24H17Br3ClN3O2/c1-2-22-30-21-8-7-17(26)11-18(21)24(32)31(22)29-12-15-9-19(27)23(20(28)10-15)33-13-14-3-5-16(25)6-4-14/h3-12H,2,13H2,1H3. The number of rotatable bonds is 6. The van der Waals surface area contributed by atoms with Gasteiger partial charge in [0.25, 0.3) is 5.56 Å². The highest BCUT2D eigenvalue weighted by Crippen LogP contribution is 2.34. The van der Waals surface area contributed by atoms with Crippen molar-refractivity contribution >= 4 is 76.5 Å². The number of benzene rings is 3. The Balaban J connectivity index is 1.62. The van der Waals surface area contributed by atoms with E-state index in [1.807, 2.05) is 49.4 Å². The smallest absolute Gasteiger partial charge is 0.282 e. The summed E-state index contributed by atoms with van der Waals surface area (Å²) in [6, 6.07) is 16.9. The first-order valence-corrected chi connectivity index (χ1v) is 12.7. The molecule has 0 N–H and O–H groups in total. The first kappa shape index (κ1) is 24.1. The summed E-state index contributed by atoms with van der Waals surface area (Å²) < 4.78 is 9.75. The SMILES string of the molecule is CCc1nc2ccc(Br)cc2c(=O)n1N=Cc1cc(Cl)c(OCc2ccc(Br)cc2)c(Br)c1. The number of halogens is 4. The highest BCUT2D eigenvalue weighted by molar-refractivity contribution is 9.11. The Hall–Kier alpha value is -2.00. The van der Waals surface area contributed by atoms with Crippen molar-refractivity contribution in [3.05, 3.63) is 100 Å². The molecule has 3 aromatic carbocycles. The number of hydrogen-bond acceptors (Lipinski definition) is 4. The number of aromatic nitrogens is 2. The summed E-state index contributed by atoms with van der Waals surface area (Å²) in [5, 5.41) is 5.35. The van der Waals surface area contributed by atoms with Gasteiger partial charge in [0.2, 0.25) is 0 Å². The average Bonchev–Trinajstić information content (AvgIpc) is 2.79. The molecule has 0 unspecified atom stereocenters. The van der Waals surface area contributed by atoms with Crippen LogP contribution in [0.5, 0.6) is 5.75 Å². The second kappa shape index (κ2) is 10.5. The predicted molar refractivity (Wildman–Crippen MR) is 144 cm³/mol. The van der Waals surface area contributed by atoms with Crippen LogP contribution in [-0.4, -0.2) is 15.9 Å². The van der Waals surface area contributed by atoms with Crippen LogP contribution in [0.25, 0.3) is 10.9 Å². The second-order valence-corrected chi connectivity index (χ2v) is 10.2. The van der Waals surface area contributed by atoms with Crippen LogP contribution >= 0.6 is 59.4 Å². The van der Waals surface area contributed by atoms with E-state index >= 15 is 0 Å². The van der Waals surface area contributed by atoms with Gasteiger partial charge < -0.3 is 4.74 Å². The van der Waals surface area contributed by atoms with E-state index in [0.29, 0.717) is 50.6 Å². The van der Waals surface area contributed by atoms with Gasteiger partial charge in [-0.3, -0.25) is 4.79 Å². The van der Waals surface area contributed by atoms with Gasteiger partial charge in [-0.05, 0) is 69.5 Å². The highest BCUT2D eigenvalue weighted by Gasteiger charge is 2.12. The number of hydrogen-bond donors (Lipinski definition) is 0. The maximum absolute atomic E-state index is 13.0. The molecule has 0 aliphatic heterocycles. The van der Waals surface area contributed by atoms with Gasteiger partial charge in [0.05, 0.1) is 26.6 Å². The molecule has 0 fully saturated rings. The summed E-state index contributed by atoms with van der Waals surface area (Å²) in [4.78, 5) is 17.6. The van der Waals surface area contributed by atoms with E-state index in [1.54, 1.807) is 18.3 Å². The zero-order chi connectivity index (χ0) is 23.5. The van der Waals surface area contributed by atoms with Crippen LogP contribution in [0, 0.1) is 0 Å². The van der Waals surface area contributed by atoms with Crippen molar-refractivity contribution in [3.63, 3.8) is 0 Å². The molecule has 0 spiro atoms. The fraction of sp³-hybridized carbons (Fsp3) is 0.125. The first-order chi connectivity index (χ1) is 15.9. The number of ether oxygens (including phenoxy) is 1. The molecule has 0 saturated carbocycles. The zero-order valence-electron chi connectivity index (χ0n) is 17.4. The lowest BCUT2D eigenvalue weighted by atomic mass is 10.2. The zero-order valence-corrected chi connectivity index (χ0v) is 22.9. The summed E-state index contributed by atoms with van der Waals surface area (Å²) in [5.41, 5.74) is 2.15. The molecule has 0 aliphatic carbocycles. The minimum Gasteiger partial charge on any atom is -0.486 e. The van der Waals surface area contributed by atoms with Crippen molar-refractivity contribution in [2.75, 3.05) is 0 Å². The van der Waals surface area contributed by atoms with E-state index in [0.717, 1.165) is 14.5 Å². The average molecular weight is 655 g/mol. The van der Waals surface area contributed by atoms with Gasteiger partial charge in [0.15, 0.2) is 5.75 Å². The summed E-state index contributed by atoms with van der Waals surface area (Å²) in [5.74, 6) is 1.12. The van der Waals surface area contributed by atoms with Crippen LogP contribution < -0.4 is 10.3 Å². The Bertz CT molecular complexity index is 1400. The van der Waals surface area contributed by atoms with Crippen molar-refractivity contribution < 1.29 is 4.74 Å². The maximum Gasteiger partial charge on any atom is 0.282 e. The molecular formula is C24H17Br3ClN3O2. The highest BCUT2D eigenvalue weighted by atomic mass is 79.9. The molecule has 9 heteroatoms. The van der Waals surface area contributed by atoms with Crippen LogP contribution in [0.4, 0.5) is 0 Å². The molecule has 33 heavy (non-hydrogen) atoms. The molecule has 1 heterocycles. The third-order valence-electron chi connectivity index (χ3n) is 4.83. The molecule has 4 aromatic rings. The Morgan fingerprint density at radius 1 is 1.06 bits per heavy atom. The van der Waals surface area contributed by atoms with Gasteiger partial charge in [-0.1, -0.05) is 62.5 Å². The van der Waals surface area contributed by atoms with Crippen LogP contribution in [0.3, 0.4) is 0 Å². The van der Waals surface area contributed by atoms with E-state index in [-0.39, 0.29) is 5.56 Å². The fourth-order valence-corrected chi connectivity index (χ4v) is 4.81. The summed E-state index contributed by atoms with van der Waals surface area (Å²) >= 11 is 16.8. The number of fused-ring (bicyclic) bond motifs is 1. The maximum atomic E-state index is 13.0. The molecular weight excluding hydrogens is 637 g/mol. The van der Waals surface area contributed by atoms with E-state index in [9.17, 15) is 4.79 Å². The van der Waals surface area contributed by atoms with Crippen LogP contribution in [0.2, 0.25) is 5.02 Å². The van der Waals surface area contributed by atoms with Gasteiger partial charge in [0.1, 0.15) is 12.4 Å². The first-order valence-electron chi connectivity index (χ1n) is 9.97. The Morgan fingerprint density at radius 2 is 1.79 bits per heavy atom. The summed E-state index contributed by atoms with van der Waals surface area (Å²) in [6.45, 7) is 2.32. The molecule has 0 amide bonds. The number of aryl methyl sites for hydroxylation is 1. The van der Waals surface area contributed by atoms with Gasteiger partial charge in [-0.25, -0.2) is 4.98 Å². The van der Waals surface area contributed by atoms with E-state index < -0.39 is 0 Å². The van der Waals surface area contributed by atoms with E-state index in [2.05, 4.69) is 57.9 Å². The Kier molecular flexibility index (Phi) is 7.69. The van der Waals surface area contributed by atoms with Gasteiger partial charge in [0, 0.05) is 15.4 Å². The minimum absolute atomic E-state index is 0.228. The molecule has 5 nitrogen and oxygen atoms in total. The summed E-state index contributed by atoms with van der Waals surface area (Å²) in [6.07, 6.45) is 2.15. The minimum atomic E-state index is -0.228. The molecule has 4 rings (SSSR count). The third-order valence-corrected chi connectivity index (χ3v) is 6.72. The van der Waals surface area contributed by atoms with Crippen molar-refractivity contribution in [2.45, 2.75) is 20.0 Å². The van der Waals surface area contributed by atoms with Crippen molar-refractivity contribution in [1.29, 1.82) is 0 Å².